The molecule has 0 bridgehead atoms. The van der Waals surface area contributed by atoms with Crippen LogP contribution in [0.2, 0.25) is 0 Å². The molecule has 0 radical (unpaired) electrons. The van der Waals surface area contributed by atoms with E-state index in [2.05, 4.69) is 4.98 Å². The summed E-state index contributed by atoms with van der Waals surface area (Å²) in [7, 11) is -3.36. The normalized spacial score (nSPS) is 11.4. The van der Waals surface area contributed by atoms with E-state index in [0.717, 1.165) is 17.7 Å². The smallest absolute Gasteiger partial charge is 0.178 e. The van der Waals surface area contributed by atoms with Gasteiger partial charge in [-0.25, -0.2) is 12.8 Å². The molecular formula is C13H12FNO2S. The minimum atomic E-state index is -3.36. The van der Waals surface area contributed by atoms with Crippen LogP contribution in [-0.2, 0) is 16.3 Å². The van der Waals surface area contributed by atoms with E-state index in [9.17, 15) is 12.8 Å². The number of nitrogens with zero attached hydrogens (tertiary/aromatic N) is 1. The Kier molecular flexibility index (Phi) is 3.72. The second-order valence-corrected chi connectivity index (χ2v) is 5.99. The summed E-state index contributed by atoms with van der Waals surface area (Å²) in [5.74, 6) is -0.439. The lowest BCUT2D eigenvalue weighted by atomic mass is 10.2. The monoisotopic (exact) mass is 265 g/mol. The van der Waals surface area contributed by atoms with E-state index in [-0.39, 0.29) is 10.6 Å². The third-order valence-electron chi connectivity index (χ3n) is 2.58. The molecule has 0 N–H and O–H groups in total. The fraction of sp³-hybridized carbons (Fsp3) is 0.154. The molecule has 1 heterocycles. The fourth-order valence-corrected chi connectivity index (χ4v) is 2.85. The SMILES string of the molecule is O=S(=O)(CCc1ccncc1)c1ccc(F)cc1. The van der Waals surface area contributed by atoms with Crippen LogP contribution in [0.5, 0.6) is 0 Å². The number of aryl methyl sites for hydroxylation is 1. The molecule has 0 atom stereocenters. The van der Waals surface area contributed by atoms with Crippen LogP contribution in [-0.4, -0.2) is 19.2 Å². The Morgan fingerprint density at radius 1 is 1.00 bits per heavy atom. The van der Waals surface area contributed by atoms with Crippen molar-refractivity contribution in [2.75, 3.05) is 5.75 Å². The van der Waals surface area contributed by atoms with Crippen molar-refractivity contribution in [3.05, 3.63) is 60.2 Å². The Balaban J connectivity index is 2.11. The molecule has 94 valence electrons. The summed E-state index contributed by atoms with van der Waals surface area (Å²) in [5.41, 5.74) is 0.913. The molecule has 2 rings (SSSR count). The van der Waals surface area contributed by atoms with Crippen LogP contribution in [0.3, 0.4) is 0 Å². The average molecular weight is 265 g/mol. The molecule has 3 nitrogen and oxygen atoms in total. The third kappa shape index (κ3) is 3.13. The quantitative estimate of drug-likeness (QED) is 0.796. The number of rotatable bonds is 4. The van der Waals surface area contributed by atoms with Crippen LogP contribution >= 0.6 is 0 Å². The van der Waals surface area contributed by atoms with Gasteiger partial charge in [-0.3, -0.25) is 4.98 Å². The molecule has 0 unspecified atom stereocenters. The molecule has 0 fully saturated rings. The summed E-state index contributed by atoms with van der Waals surface area (Å²) in [6.07, 6.45) is 3.67. The van der Waals surface area contributed by atoms with Crippen molar-refractivity contribution >= 4 is 9.84 Å². The first-order chi connectivity index (χ1) is 8.58. The Hall–Kier alpha value is -1.75. The lowest BCUT2D eigenvalue weighted by Gasteiger charge is -2.04. The Bertz CT molecular complexity index is 609. The van der Waals surface area contributed by atoms with Gasteiger partial charge in [-0.15, -0.1) is 0 Å². The molecule has 0 aliphatic heterocycles. The molecule has 1 aromatic carbocycles. The lowest BCUT2D eigenvalue weighted by Crippen LogP contribution is -2.09. The number of pyridine rings is 1. The highest BCUT2D eigenvalue weighted by atomic mass is 32.2. The summed E-state index contributed by atoms with van der Waals surface area (Å²) in [5, 5.41) is 0. The van der Waals surface area contributed by atoms with Gasteiger partial charge in [0, 0.05) is 12.4 Å². The largest absolute Gasteiger partial charge is 0.265 e. The number of sulfone groups is 1. The topological polar surface area (TPSA) is 47.0 Å². The van der Waals surface area contributed by atoms with E-state index in [1.165, 1.54) is 12.1 Å². The van der Waals surface area contributed by atoms with Crippen molar-refractivity contribution in [1.29, 1.82) is 0 Å². The highest BCUT2D eigenvalue weighted by Gasteiger charge is 2.14. The van der Waals surface area contributed by atoms with E-state index in [1.807, 2.05) is 0 Å². The van der Waals surface area contributed by atoms with Crippen molar-refractivity contribution < 1.29 is 12.8 Å². The van der Waals surface area contributed by atoms with Gasteiger partial charge in [-0.05, 0) is 48.4 Å². The highest BCUT2D eigenvalue weighted by Crippen LogP contribution is 2.13. The van der Waals surface area contributed by atoms with Gasteiger partial charge in [-0.2, -0.15) is 0 Å². The predicted octanol–water partition coefficient (Wildman–Crippen LogP) is 2.24. The standard InChI is InChI=1S/C13H12FNO2S/c14-12-1-3-13(4-2-12)18(16,17)10-7-11-5-8-15-9-6-11/h1-6,8-9H,7,10H2. The maximum absolute atomic E-state index is 12.7. The molecule has 2 aromatic rings. The summed E-state index contributed by atoms with van der Waals surface area (Å²) in [6.45, 7) is 0. The number of halogens is 1. The van der Waals surface area contributed by atoms with E-state index < -0.39 is 15.7 Å². The van der Waals surface area contributed by atoms with Crippen molar-refractivity contribution in [3.8, 4) is 0 Å². The van der Waals surface area contributed by atoms with Gasteiger partial charge in [0.25, 0.3) is 0 Å². The molecular weight excluding hydrogens is 253 g/mol. The Labute approximate surface area is 105 Å². The van der Waals surface area contributed by atoms with Gasteiger partial charge >= 0.3 is 0 Å². The van der Waals surface area contributed by atoms with Crippen LogP contribution in [0.4, 0.5) is 4.39 Å². The van der Waals surface area contributed by atoms with Gasteiger partial charge in [0.1, 0.15) is 5.82 Å². The van der Waals surface area contributed by atoms with Crippen molar-refractivity contribution in [3.63, 3.8) is 0 Å². The molecule has 0 saturated carbocycles. The van der Waals surface area contributed by atoms with E-state index in [1.54, 1.807) is 24.5 Å². The van der Waals surface area contributed by atoms with Crippen LogP contribution in [0, 0.1) is 5.82 Å². The number of hydrogen-bond donors (Lipinski definition) is 0. The molecule has 18 heavy (non-hydrogen) atoms. The summed E-state index contributed by atoms with van der Waals surface area (Å²) < 4.78 is 36.7. The molecule has 1 aromatic heterocycles. The minimum Gasteiger partial charge on any atom is -0.265 e. The number of aromatic nitrogens is 1. The van der Waals surface area contributed by atoms with Crippen molar-refractivity contribution in [1.82, 2.24) is 4.98 Å². The van der Waals surface area contributed by atoms with Crippen LogP contribution in [0.25, 0.3) is 0 Å². The minimum absolute atomic E-state index is 0.00262. The molecule has 0 saturated heterocycles. The van der Waals surface area contributed by atoms with Gasteiger partial charge < -0.3 is 0 Å². The Morgan fingerprint density at radius 2 is 1.61 bits per heavy atom. The van der Waals surface area contributed by atoms with Crippen LogP contribution < -0.4 is 0 Å². The molecule has 0 amide bonds. The zero-order valence-electron chi connectivity index (χ0n) is 9.58. The van der Waals surface area contributed by atoms with Crippen LogP contribution in [0.15, 0.2) is 53.7 Å². The third-order valence-corrected chi connectivity index (χ3v) is 4.31. The van der Waals surface area contributed by atoms with Gasteiger partial charge in [-0.1, -0.05) is 0 Å². The summed E-state index contributed by atoms with van der Waals surface area (Å²) in [6, 6.07) is 8.44. The molecule has 0 aliphatic carbocycles. The number of benzene rings is 1. The predicted molar refractivity (Wildman–Crippen MR) is 66.4 cm³/mol. The van der Waals surface area contributed by atoms with E-state index >= 15 is 0 Å². The zero-order valence-corrected chi connectivity index (χ0v) is 10.4. The first kappa shape index (κ1) is 12.7. The number of hydrogen-bond acceptors (Lipinski definition) is 3. The van der Waals surface area contributed by atoms with Crippen molar-refractivity contribution in [2.24, 2.45) is 0 Å². The van der Waals surface area contributed by atoms with Gasteiger partial charge in [0.15, 0.2) is 9.84 Å². The maximum Gasteiger partial charge on any atom is 0.178 e. The summed E-state index contributed by atoms with van der Waals surface area (Å²) >= 11 is 0. The summed E-state index contributed by atoms with van der Waals surface area (Å²) in [4.78, 5) is 4.02. The average Bonchev–Trinajstić information content (AvgIpc) is 2.38. The molecule has 0 spiro atoms. The highest BCUT2D eigenvalue weighted by molar-refractivity contribution is 7.91. The molecule has 5 heteroatoms. The lowest BCUT2D eigenvalue weighted by molar-refractivity contribution is 0.594. The fourth-order valence-electron chi connectivity index (χ4n) is 1.56. The maximum atomic E-state index is 12.7. The van der Waals surface area contributed by atoms with Gasteiger partial charge in [0.2, 0.25) is 0 Å². The van der Waals surface area contributed by atoms with Crippen LogP contribution in [0.1, 0.15) is 5.56 Å². The second kappa shape index (κ2) is 5.27. The van der Waals surface area contributed by atoms with Crippen molar-refractivity contribution in [2.45, 2.75) is 11.3 Å². The van der Waals surface area contributed by atoms with Gasteiger partial charge in [0.05, 0.1) is 10.6 Å². The Morgan fingerprint density at radius 3 is 2.22 bits per heavy atom. The van der Waals surface area contributed by atoms with E-state index in [4.69, 9.17) is 0 Å². The van der Waals surface area contributed by atoms with E-state index in [0.29, 0.717) is 6.42 Å². The second-order valence-electron chi connectivity index (χ2n) is 3.88. The first-order valence-corrected chi connectivity index (χ1v) is 7.10. The zero-order chi connectivity index (χ0) is 13.0. The molecule has 0 aliphatic rings. The first-order valence-electron chi connectivity index (χ1n) is 5.45.